The molecule has 0 radical (unpaired) electrons. The Bertz CT molecular complexity index is 892. The van der Waals surface area contributed by atoms with Crippen molar-refractivity contribution >= 4 is 38.9 Å². The van der Waals surface area contributed by atoms with Crippen molar-refractivity contribution in [1.29, 1.82) is 0 Å². The minimum atomic E-state index is -3.64. The lowest BCUT2D eigenvalue weighted by Crippen LogP contribution is -2.40. The van der Waals surface area contributed by atoms with Crippen LogP contribution in [-0.2, 0) is 14.8 Å². The minimum absolute atomic E-state index is 0.110. The fourth-order valence-electron chi connectivity index (χ4n) is 2.65. The summed E-state index contributed by atoms with van der Waals surface area (Å²) in [6.07, 6.45) is 0. The van der Waals surface area contributed by atoms with Crippen LogP contribution in [0.3, 0.4) is 0 Å². The summed E-state index contributed by atoms with van der Waals surface area (Å²) in [5.41, 5.74) is 0.300. The molecule has 1 aromatic heterocycles. The molecule has 26 heavy (non-hydrogen) atoms. The van der Waals surface area contributed by atoms with Gasteiger partial charge in [-0.05, 0) is 37.3 Å². The number of amides is 1. The van der Waals surface area contributed by atoms with Crippen molar-refractivity contribution in [3.05, 3.63) is 51.2 Å². The van der Waals surface area contributed by atoms with Crippen molar-refractivity contribution in [2.24, 2.45) is 0 Å². The van der Waals surface area contributed by atoms with Crippen LogP contribution in [0.1, 0.15) is 28.2 Å². The number of hydrogen-bond acceptors (Lipinski definition) is 5. The maximum absolute atomic E-state index is 12.7. The predicted molar refractivity (Wildman–Crippen MR) is 101 cm³/mol. The third kappa shape index (κ3) is 4.27. The van der Waals surface area contributed by atoms with Crippen LogP contribution in [0.5, 0.6) is 0 Å². The van der Waals surface area contributed by atoms with Gasteiger partial charge in [0.15, 0.2) is 0 Å². The number of morpholine rings is 1. The Morgan fingerprint density at radius 1 is 1.27 bits per heavy atom. The first-order valence-electron chi connectivity index (χ1n) is 8.12. The summed E-state index contributed by atoms with van der Waals surface area (Å²) in [5.74, 6) is -0.332. The second kappa shape index (κ2) is 8.06. The summed E-state index contributed by atoms with van der Waals surface area (Å²) in [7, 11) is -3.64. The van der Waals surface area contributed by atoms with Crippen LogP contribution in [0, 0.1) is 0 Å². The molecule has 2 aromatic rings. The molecule has 1 fully saturated rings. The highest BCUT2D eigenvalue weighted by atomic mass is 35.5. The average Bonchev–Trinajstić information content (AvgIpc) is 3.09. The van der Waals surface area contributed by atoms with Gasteiger partial charge in [-0.3, -0.25) is 4.79 Å². The number of carbonyl (C=O) groups excluding carboxylic acids is 1. The summed E-state index contributed by atoms with van der Waals surface area (Å²) in [6, 6.07) is 9.51. The second-order valence-corrected chi connectivity index (χ2v) is 9.57. The number of thiophene rings is 1. The smallest absolute Gasteiger partial charge is 0.251 e. The third-order valence-corrected chi connectivity index (χ3v) is 7.38. The van der Waals surface area contributed by atoms with E-state index in [1.165, 1.54) is 27.8 Å². The number of ether oxygens (including phenoxy) is 1. The molecule has 140 valence electrons. The van der Waals surface area contributed by atoms with Crippen molar-refractivity contribution in [1.82, 2.24) is 9.62 Å². The molecule has 2 heterocycles. The van der Waals surface area contributed by atoms with Gasteiger partial charge in [0.1, 0.15) is 0 Å². The summed E-state index contributed by atoms with van der Waals surface area (Å²) >= 11 is 7.32. The summed E-state index contributed by atoms with van der Waals surface area (Å²) in [5, 5.41) is 2.87. The molecule has 1 aliphatic rings. The molecule has 1 aliphatic heterocycles. The van der Waals surface area contributed by atoms with Crippen LogP contribution in [0.15, 0.2) is 41.3 Å². The molecule has 0 aliphatic carbocycles. The SMILES string of the molecule is CC(NC(=O)c1cccc(S(=O)(=O)N2CCOCC2)c1)c1ccc(Cl)s1. The van der Waals surface area contributed by atoms with E-state index in [0.717, 1.165) is 4.88 Å². The van der Waals surface area contributed by atoms with Gasteiger partial charge in [0.2, 0.25) is 10.0 Å². The van der Waals surface area contributed by atoms with E-state index in [1.54, 1.807) is 18.2 Å². The van der Waals surface area contributed by atoms with Gasteiger partial charge in [0, 0.05) is 23.5 Å². The van der Waals surface area contributed by atoms with Crippen LogP contribution >= 0.6 is 22.9 Å². The number of nitrogens with zero attached hydrogens (tertiary/aromatic N) is 1. The normalized spacial score (nSPS) is 17.0. The second-order valence-electron chi connectivity index (χ2n) is 5.88. The van der Waals surface area contributed by atoms with Crippen molar-refractivity contribution in [2.45, 2.75) is 17.9 Å². The number of rotatable bonds is 5. The van der Waals surface area contributed by atoms with Gasteiger partial charge in [-0.2, -0.15) is 4.31 Å². The summed E-state index contributed by atoms with van der Waals surface area (Å²) < 4.78 is 32.7. The molecule has 1 unspecified atom stereocenters. The maximum Gasteiger partial charge on any atom is 0.251 e. The lowest BCUT2D eigenvalue weighted by molar-refractivity contribution is 0.0730. The van der Waals surface area contributed by atoms with Gasteiger partial charge in [0.05, 0.1) is 28.5 Å². The monoisotopic (exact) mass is 414 g/mol. The molecule has 1 N–H and O–H groups in total. The largest absolute Gasteiger partial charge is 0.379 e. The zero-order valence-corrected chi connectivity index (χ0v) is 16.5. The quantitative estimate of drug-likeness (QED) is 0.816. The molecule has 1 amide bonds. The zero-order valence-electron chi connectivity index (χ0n) is 14.1. The number of carbonyl (C=O) groups is 1. The highest BCUT2D eigenvalue weighted by molar-refractivity contribution is 7.89. The van der Waals surface area contributed by atoms with E-state index in [-0.39, 0.29) is 16.8 Å². The van der Waals surface area contributed by atoms with E-state index in [4.69, 9.17) is 16.3 Å². The highest BCUT2D eigenvalue weighted by Gasteiger charge is 2.27. The fourth-order valence-corrected chi connectivity index (χ4v) is 5.16. The Kier molecular flexibility index (Phi) is 5.99. The van der Waals surface area contributed by atoms with Gasteiger partial charge < -0.3 is 10.1 Å². The Morgan fingerprint density at radius 2 is 2.00 bits per heavy atom. The van der Waals surface area contributed by atoms with Gasteiger partial charge in [-0.15, -0.1) is 11.3 Å². The average molecular weight is 415 g/mol. The van der Waals surface area contributed by atoms with Gasteiger partial charge in [0.25, 0.3) is 5.91 Å². The molecule has 1 aromatic carbocycles. The lowest BCUT2D eigenvalue weighted by Gasteiger charge is -2.26. The Balaban J connectivity index is 1.77. The van der Waals surface area contributed by atoms with Crippen LogP contribution in [0.25, 0.3) is 0 Å². The number of halogens is 1. The molecule has 0 saturated carbocycles. The fraction of sp³-hybridized carbons (Fsp3) is 0.353. The van der Waals surface area contributed by atoms with Crippen LogP contribution in [-0.4, -0.2) is 44.9 Å². The zero-order chi connectivity index (χ0) is 18.7. The van der Waals surface area contributed by atoms with Crippen molar-refractivity contribution < 1.29 is 17.9 Å². The van der Waals surface area contributed by atoms with E-state index in [0.29, 0.717) is 36.2 Å². The molecule has 1 saturated heterocycles. The number of sulfonamides is 1. The highest BCUT2D eigenvalue weighted by Crippen LogP contribution is 2.27. The molecular weight excluding hydrogens is 396 g/mol. The first kappa shape index (κ1) is 19.3. The Hall–Kier alpha value is -1.45. The molecule has 1 atom stereocenters. The van der Waals surface area contributed by atoms with E-state index in [1.807, 2.05) is 13.0 Å². The van der Waals surface area contributed by atoms with Crippen LogP contribution < -0.4 is 5.32 Å². The minimum Gasteiger partial charge on any atom is -0.379 e. The number of benzene rings is 1. The van der Waals surface area contributed by atoms with Gasteiger partial charge >= 0.3 is 0 Å². The van der Waals surface area contributed by atoms with Gasteiger partial charge in [-0.25, -0.2) is 8.42 Å². The topological polar surface area (TPSA) is 75.7 Å². The van der Waals surface area contributed by atoms with Crippen LogP contribution in [0.4, 0.5) is 0 Å². The van der Waals surface area contributed by atoms with E-state index < -0.39 is 10.0 Å². The standard InChI is InChI=1S/C17H19ClN2O4S2/c1-12(15-5-6-16(18)25-15)19-17(21)13-3-2-4-14(11-13)26(22,23)20-7-9-24-10-8-20/h2-6,11-12H,7-10H2,1H3,(H,19,21). The molecule has 3 rings (SSSR count). The predicted octanol–water partition coefficient (Wildman–Crippen LogP) is 2.91. The van der Waals surface area contributed by atoms with Crippen LogP contribution in [0.2, 0.25) is 4.34 Å². The van der Waals surface area contributed by atoms with E-state index in [2.05, 4.69) is 5.32 Å². The first-order chi connectivity index (χ1) is 12.4. The molecule has 0 bridgehead atoms. The van der Waals surface area contributed by atoms with Crippen molar-refractivity contribution in [2.75, 3.05) is 26.3 Å². The lowest BCUT2D eigenvalue weighted by atomic mass is 10.2. The third-order valence-electron chi connectivity index (χ3n) is 4.07. The number of hydrogen-bond donors (Lipinski definition) is 1. The summed E-state index contributed by atoms with van der Waals surface area (Å²) in [6.45, 7) is 3.23. The van der Waals surface area contributed by atoms with Gasteiger partial charge in [-0.1, -0.05) is 17.7 Å². The number of nitrogens with one attached hydrogen (secondary N) is 1. The molecule has 6 nitrogen and oxygen atoms in total. The Labute approximate surface area is 161 Å². The maximum atomic E-state index is 12.7. The molecule has 0 spiro atoms. The Morgan fingerprint density at radius 3 is 2.65 bits per heavy atom. The van der Waals surface area contributed by atoms with E-state index in [9.17, 15) is 13.2 Å². The first-order valence-corrected chi connectivity index (χ1v) is 10.8. The molecule has 9 heteroatoms. The van der Waals surface area contributed by atoms with Crippen molar-refractivity contribution in [3.63, 3.8) is 0 Å². The summed E-state index contributed by atoms with van der Waals surface area (Å²) in [4.78, 5) is 13.6. The molecular formula is C17H19ClN2O4S2. The van der Waals surface area contributed by atoms with E-state index >= 15 is 0 Å². The van der Waals surface area contributed by atoms with Crippen molar-refractivity contribution in [3.8, 4) is 0 Å².